The van der Waals surface area contributed by atoms with Crippen LogP contribution in [-0.2, 0) is 0 Å². The number of hydrogen-bond donors (Lipinski definition) is 0. The summed E-state index contributed by atoms with van der Waals surface area (Å²) >= 11 is 0. The molecule has 5 heteroatoms. The number of hydrogen-bond acceptors (Lipinski definition) is 5. The normalized spacial score (nSPS) is 11.4. The minimum atomic E-state index is 0.558. The van der Waals surface area contributed by atoms with E-state index in [0.29, 0.717) is 17.5 Å². The SMILES string of the molecule is c1ccc(-c2ccc(-c3cc(-c4nc(-c5ccccc5)nc(-c5ccccc5)n4)c4c(c3)oc3cc5ccccc5nc34)cc2)cc1. The third kappa shape index (κ3) is 4.91. The number of para-hydroxylation sites is 1. The molecular formula is C42H26N4O. The molecule has 0 bridgehead atoms. The molecule has 0 spiro atoms. The first kappa shape index (κ1) is 26.9. The topological polar surface area (TPSA) is 64.7 Å². The smallest absolute Gasteiger partial charge is 0.164 e. The Hall–Kier alpha value is -6.46. The van der Waals surface area contributed by atoms with Gasteiger partial charge in [0, 0.05) is 22.1 Å². The first-order chi connectivity index (χ1) is 23.3. The number of furan rings is 1. The van der Waals surface area contributed by atoms with Crippen molar-refractivity contribution >= 4 is 33.0 Å². The van der Waals surface area contributed by atoms with Crippen LogP contribution < -0.4 is 0 Å². The van der Waals surface area contributed by atoms with Crippen LogP contribution in [0.2, 0.25) is 0 Å². The molecule has 0 aliphatic rings. The Morgan fingerprint density at radius 1 is 0.362 bits per heavy atom. The summed E-state index contributed by atoms with van der Waals surface area (Å²) in [6.07, 6.45) is 0. The quantitative estimate of drug-likeness (QED) is 0.196. The van der Waals surface area contributed by atoms with Gasteiger partial charge in [0.15, 0.2) is 23.1 Å². The summed E-state index contributed by atoms with van der Waals surface area (Å²) in [7, 11) is 0. The van der Waals surface area contributed by atoms with Crippen LogP contribution in [-0.4, -0.2) is 19.9 Å². The van der Waals surface area contributed by atoms with E-state index in [0.717, 1.165) is 66.4 Å². The molecule has 3 heterocycles. The predicted molar refractivity (Wildman–Crippen MR) is 190 cm³/mol. The van der Waals surface area contributed by atoms with Crippen molar-refractivity contribution < 1.29 is 4.42 Å². The second-order valence-electron chi connectivity index (χ2n) is 11.5. The summed E-state index contributed by atoms with van der Waals surface area (Å²) in [5.74, 6) is 1.76. The highest BCUT2D eigenvalue weighted by Gasteiger charge is 2.21. The van der Waals surface area contributed by atoms with E-state index >= 15 is 0 Å². The molecule has 0 radical (unpaired) electrons. The van der Waals surface area contributed by atoms with Crippen LogP contribution in [0.25, 0.3) is 89.4 Å². The Kier molecular flexibility index (Phi) is 6.39. The van der Waals surface area contributed by atoms with E-state index < -0.39 is 0 Å². The lowest BCUT2D eigenvalue weighted by molar-refractivity contribution is 0.669. The van der Waals surface area contributed by atoms with Crippen molar-refractivity contribution in [3.05, 3.63) is 158 Å². The molecule has 3 aromatic heterocycles. The van der Waals surface area contributed by atoms with Crippen molar-refractivity contribution in [3.63, 3.8) is 0 Å². The van der Waals surface area contributed by atoms with Gasteiger partial charge in [0.25, 0.3) is 0 Å². The van der Waals surface area contributed by atoms with Crippen LogP contribution >= 0.6 is 0 Å². The summed E-state index contributed by atoms with van der Waals surface area (Å²) in [6.45, 7) is 0. The van der Waals surface area contributed by atoms with E-state index in [1.165, 1.54) is 5.56 Å². The molecule has 0 fully saturated rings. The first-order valence-electron chi connectivity index (χ1n) is 15.6. The van der Waals surface area contributed by atoms with Crippen LogP contribution in [0.4, 0.5) is 0 Å². The van der Waals surface area contributed by atoms with Gasteiger partial charge in [-0.1, -0.05) is 133 Å². The van der Waals surface area contributed by atoms with Crippen molar-refractivity contribution in [2.45, 2.75) is 0 Å². The Labute approximate surface area is 270 Å². The highest BCUT2D eigenvalue weighted by Crippen LogP contribution is 2.40. The maximum absolute atomic E-state index is 6.57. The molecule has 0 N–H and O–H groups in total. The highest BCUT2D eigenvalue weighted by atomic mass is 16.3. The van der Waals surface area contributed by atoms with E-state index in [9.17, 15) is 0 Å². The zero-order valence-electron chi connectivity index (χ0n) is 25.2. The van der Waals surface area contributed by atoms with Gasteiger partial charge in [-0.2, -0.15) is 0 Å². The van der Waals surface area contributed by atoms with Crippen molar-refractivity contribution in [3.8, 4) is 56.4 Å². The molecule has 0 atom stereocenters. The summed E-state index contributed by atoms with van der Waals surface area (Å²) in [4.78, 5) is 20.2. The number of fused-ring (bicyclic) bond motifs is 4. The van der Waals surface area contributed by atoms with Crippen LogP contribution in [0.15, 0.2) is 162 Å². The van der Waals surface area contributed by atoms with Crippen molar-refractivity contribution in [1.29, 1.82) is 0 Å². The largest absolute Gasteiger partial charge is 0.454 e. The van der Waals surface area contributed by atoms with E-state index in [1.807, 2.05) is 84.9 Å². The molecule has 5 nitrogen and oxygen atoms in total. The van der Waals surface area contributed by atoms with Gasteiger partial charge < -0.3 is 4.42 Å². The minimum Gasteiger partial charge on any atom is -0.454 e. The van der Waals surface area contributed by atoms with Gasteiger partial charge >= 0.3 is 0 Å². The zero-order chi connectivity index (χ0) is 31.2. The van der Waals surface area contributed by atoms with E-state index in [4.69, 9.17) is 24.4 Å². The standard InChI is InChI=1S/C42H26N4O/c1-4-12-27(13-5-1)28-20-22-29(23-21-28)33-24-34(38-36(26-33)47-37-25-32-18-10-11-19-35(32)43-39(37)38)42-45-40(30-14-6-2-7-15-30)44-41(46-42)31-16-8-3-9-17-31/h1-26H. The summed E-state index contributed by atoms with van der Waals surface area (Å²) < 4.78 is 6.57. The average molecular weight is 603 g/mol. The van der Waals surface area contributed by atoms with Crippen molar-refractivity contribution in [2.75, 3.05) is 0 Å². The summed E-state index contributed by atoms with van der Waals surface area (Å²) in [6, 6.07) is 53.5. The Bertz CT molecular complexity index is 2490. The average Bonchev–Trinajstić information content (AvgIpc) is 3.51. The highest BCUT2D eigenvalue weighted by molar-refractivity contribution is 6.13. The maximum atomic E-state index is 6.57. The number of aromatic nitrogens is 4. The van der Waals surface area contributed by atoms with Gasteiger partial charge in [-0.15, -0.1) is 0 Å². The molecule has 6 aromatic carbocycles. The summed E-state index contributed by atoms with van der Waals surface area (Å²) in [5, 5.41) is 1.90. The molecule has 9 rings (SSSR count). The van der Waals surface area contributed by atoms with Gasteiger partial charge in [-0.25, -0.2) is 19.9 Å². The van der Waals surface area contributed by atoms with Gasteiger partial charge in [0.2, 0.25) is 0 Å². The lowest BCUT2D eigenvalue weighted by Gasteiger charge is -2.11. The second kappa shape index (κ2) is 11.2. The lowest BCUT2D eigenvalue weighted by Crippen LogP contribution is -2.00. The number of pyridine rings is 1. The maximum Gasteiger partial charge on any atom is 0.164 e. The van der Waals surface area contributed by atoms with Gasteiger partial charge in [-0.05, 0) is 46.5 Å². The van der Waals surface area contributed by atoms with Crippen LogP contribution in [0.3, 0.4) is 0 Å². The third-order valence-electron chi connectivity index (χ3n) is 8.51. The van der Waals surface area contributed by atoms with Crippen LogP contribution in [0, 0.1) is 0 Å². The molecule has 0 amide bonds. The van der Waals surface area contributed by atoms with Crippen molar-refractivity contribution in [1.82, 2.24) is 19.9 Å². The summed E-state index contributed by atoms with van der Waals surface area (Å²) in [5.41, 5.74) is 10.2. The molecule has 0 saturated heterocycles. The molecule has 0 aliphatic carbocycles. The number of benzene rings is 6. The molecular weight excluding hydrogens is 576 g/mol. The molecule has 47 heavy (non-hydrogen) atoms. The number of rotatable bonds is 5. The van der Waals surface area contributed by atoms with Crippen LogP contribution in [0.1, 0.15) is 0 Å². The molecule has 0 saturated carbocycles. The minimum absolute atomic E-state index is 0.558. The van der Waals surface area contributed by atoms with Gasteiger partial charge in [-0.3, -0.25) is 0 Å². The van der Waals surface area contributed by atoms with E-state index in [-0.39, 0.29) is 0 Å². The van der Waals surface area contributed by atoms with Gasteiger partial charge in [0.1, 0.15) is 11.1 Å². The molecule has 220 valence electrons. The predicted octanol–water partition coefficient (Wildman–Crippen LogP) is 10.7. The fourth-order valence-electron chi connectivity index (χ4n) is 6.17. The van der Waals surface area contributed by atoms with E-state index in [2.05, 4.69) is 72.8 Å². The lowest BCUT2D eigenvalue weighted by atomic mass is 9.97. The Balaban J connectivity index is 1.31. The first-order valence-corrected chi connectivity index (χ1v) is 15.6. The fourth-order valence-corrected chi connectivity index (χ4v) is 6.17. The van der Waals surface area contributed by atoms with Crippen molar-refractivity contribution in [2.24, 2.45) is 0 Å². The zero-order valence-corrected chi connectivity index (χ0v) is 25.2. The molecule has 0 unspecified atom stereocenters. The Morgan fingerprint density at radius 2 is 0.872 bits per heavy atom. The monoisotopic (exact) mass is 602 g/mol. The number of nitrogens with zero attached hydrogens (tertiary/aromatic N) is 4. The fraction of sp³-hybridized carbons (Fsp3) is 0. The Morgan fingerprint density at radius 3 is 1.51 bits per heavy atom. The van der Waals surface area contributed by atoms with Crippen LogP contribution in [0.5, 0.6) is 0 Å². The van der Waals surface area contributed by atoms with E-state index in [1.54, 1.807) is 0 Å². The molecule has 0 aliphatic heterocycles. The molecule has 9 aromatic rings. The second-order valence-corrected chi connectivity index (χ2v) is 11.5. The third-order valence-corrected chi connectivity index (χ3v) is 8.51. The van der Waals surface area contributed by atoms with Gasteiger partial charge in [0.05, 0.1) is 10.9 Å².